The number of halogens is 3. The third kappa shape index (κ3) is 4.47. The number of rotatable bonds is 5. The van der Waals surface area contributed by atoms with E-state index in [1.54, 1.807) is 0 Å². The zero-order chi connectivity index (χ0) is 25.8. The van der Waals surface area contributed by atoms with Crippen molar-refractivity contribution in [3.05, 3.63) is 59.2 Å². The second kappa shape index (κ2) is 8.52. The summed E-state index contributed by atoms with van der Waals surface area (Å²) in [5.74, 6) is -0.665. The van der Waals surface area contributed by atoms with Gasteiger partial charge in [-0.1, -0.05) is 18.2 Å². The summed E-state index contributed by atoms with van der Waals surface area (Å²) in [4.78, 5) is 26.8. The van der Waals surface area contributed by atoms with Crippen LogP contribution in [0.3, 0.4) is 0 Å². The number of hydrogen-bond acceptors (Lipinski definition) is 6. The molecule has 1 saturated carbocycles. The molecule has 188 valence electrons. The molecule has 1 fully saturated rings. The maximum Gasteiger partial charge on any atom is 0.421 e. The molecule has 1 aliphatic heterocycles. The molecule has 2 atom stereocenters. The van der Waals surface area contributed by atoms with Crippen LogP contribution in [0.2, 0.25) is 0 Å². The Morgan fingerprint density at radius 3 is 2.29 bits per heavy atom. The summed E-state index contributed by atoms with van der Waals surface area (Å²) in [7, 11) is -2.33. The monoisotopic (exact) mass is 512 g/mol. The quantitative estimate of drug-likeness (QED) is 0.633. The second-order valence-electron chi connectivity index (χ2n) is 8.74. The molecule has 2 aromatic carbocycles. The number of anilines is 1. The van der Waals surface area contributed by atoms with E-state index in [9.17, 15) is 36.3 Å². The van der Waals surface area contributed by atoms with Gasteiger partial charge < -0.3 is 15.2 Å². The van der Waals surface area contributed by atoms with Crippen molar-refractivity contribution in [1.82, 2.24) is 4.90 Å². The highest BCUT2D eigenvalue weighted by atomic mass is 32.2. The molecule has 12 heteroatoms. The Kier molecular flexibility index (Phi) is 6.08. The van der Waals surface area contributed by atoms with Crippen LogP contribution in [-0.2, 0) is 31.5 Å². The molecule has 2 N–H and O–H groups in total. The fraction of sp³-hybridized carbons (Fsp3) is 0.391. The topological polar surface area (TPSA) is 113 Å². The Morgan fingerprint density at radius 1 is 1.11 bits per heavy atom. The number of carbonyl (C=O) groups is 2. The molecule has 8 nitrogen and oxygen atoms in total. The molecule has 2 aromatic rings. The molecule has 0 aromatic heterocycles. The van der Waals surface area contributed by atoms with Crippen LogP contribution in [0.4, 0.5) is 23.7 Å². The van der Waals surface area contributed by atoms with Gasteiger partial charge >= 0.3 is 12.3 Å². The maximum absolute atomic E-state index is 13.1. The van der Waals surface area contributed by atoms with Gasteiger partial charge in [-0.3, -0.25) is 9.69 Å². The molecule has 2 amide bonds. The average molecular weight is 513 g/mol. The zero-order valence-electron chi connectivity index (χ0n) is 18.8. The number of benzene rings is 2. The molecule has 1 heterocycles. The summed E-state index contributed by atoms with van der Waals surface area (Å²) in [6, 6.07) is 7.70. The third-order valence-corrected chi connectivity index (χ3v) is 8.54. The SMILES string of the molecule is COC(=O)N1Cc2cc(S(=O)(=O)C3CC3)ccc2C1C(=O)Nc1ccc(C(C)(O)C(F)(F)F)cc1. The fourth-order valence-corrected chi connectivity index (χ4v) is 5.70. The van der Waals surface area contributed by atoms with Crippen LogP contribution in [0.5, 0.6) is 0 Å². The fourth-order valence-electron chi connectivity index (χ4n) is 4.00. The van der Waals surface area contributed by atoms with Gasteiger partial charge in [0.05, 0.1) is 23.8 Å². The number of fused-ring (bicyclic) bond motifs is 1. The summed E-state index contributed by atoms with van der Waals surface area (Å²) >= 11 is 0. The second-order valence-corrected chi connectivity index (χ2v) is 11.0. The number of sulfone groups is 1. The lowest BCUT2D eigenvalue weighted by Crippen LogP contribution is -2.39. The predicted molar refractivity (Wildman–Crippen MR) is 118 cm³/mol. The van der Waals surface area contributed by atoms with Crippen molar-refractivity contribution in [1.29, 1.82) is 0 Å². The van der Waals surface area contributed by atoms with Gasteiger partial charge in [-0.05, 0) is 60.7 Å². The minimum absolute atomic E-state index is 0.0541. The zero-order valence-corrected chi connectivity index (χ0v) is 19.6. The lowest BCUT2D eigenvalue weighted by atomic mass is 9.95. The Hall–Kier alpha value is -3.12. The van der Waals surface area contributed by atoms with Crippen molar-refractivity contribution in [3.63, 3.8) is 0 Å². The average Bonchev–Trinajstić information content (AvgIpc) is 3.58. The molecule has 0 bridgehead atoms. The van der Waals surface area contributed by atoms with Crippen molar-refractivity contribution < 1.29 is 41.0 Å². The van der Waals surface area contributed by atoms with Crippen molar-refractivity contribution in [2.75, 3.05) is 12.4 Å². The van der Waals surface area contributed by atoms with Crippen molar-refractivity contribution >= 4 is 27.5 Å². The Morgan fingerprint density at radius 2 is 1.74 bits per heavy atom. The number of hydrogen-bond donors (Lipinski definition) is 2. The van der Waals surface area contributed by atoms with Gasteiger partial charge in [0, 0.05) is 5.69 Å². The van der Waals surface area contributed by atoms with E-state index in [-0.39, 0.29) is 17.1 Å². The molecular weight excluding hydrogens is 489 g/mol. The van der Waals surface area contributed by atoms with Gasteiger partial charge in [0.1, 0.15) is 6.04 Å². The van der Waals surface area contributed by atoms with Gasteiger partial charge in [0.2, 0.25) is 0 Å². The molecule has 0 radical (unpaired) electrons. The van der Waals surface area contributed by atoms with Gasteiger partial charge in [-0.2, -0.15) is 13.2 Å². The van der Waals surface area contributed by atoms with Crippen LogP contribution >= 0.6 is 0 Å². The normalized spacial score (nSPS) is 19.6. The predicted octanol–water partition coefficient (Wildman–Crippen LogP) is 3.65. The molecular formula is C23H23F3N2O6S. The Bertz CT molecular complexity index is 1270. The number of methoxy groups -OCH3 is 1. The third-order valence-electron chi connectivity index (χ3n) is 6.28. The minimum Gasteiger partial charge on any atom is -0.453 e. The highest BCUT2D eigenvalue weighted by molar-refractivity contribution is 7.92. The van der Waals surface area contributed by atoms with Crippen molar-refractivity contribution in [2.45, 2.75) is 54.3 Å². The van der Waals surface area contributed by atoms with E-state index in [0.29, 0.717) is 30.9 Å². The van der Waals surface area contributed by atoms with Crippen molar-refractivity contribution in [3.8, 4) is 0 Å². The molecule has 35 heavy (non-hydrogen) atoms. The standard InChI is InChI=1S/C23H23F3N2O6S/c1-22(31,23(24,25)26)14-3-5-15(6-4-14)27-20(29)19-18-10-9-17(35(32,33)16-7-8-16)11-13(18)12-28(19)21(30)34-2/h3-6,9-11,16,19,31H,7-8,12H2,1-2H3,(H,27,29). The van der Waals surface area contributed by atoms with Crippen molar-refractivity contribution in [2.24, 2.45) is 0 Å². The lowest BCUT2D eigenvalue weighted by molar-refractivity contribution is -0.258. The van der Waals surface area contributed by atoms with Gasteiger partial charge in [0.25, 0.3) is 5.91 Å². The van der Waals surface area contributed by atoms with E-state index in [1.165, 1.54) is 30.3 Å². The summed E-state index contributed by atoms with van der Waals surface area (Å²) in [5, 5.41) is 11.9. The molecule has 2 unspecified atom stereocenters. The van der Waals surface area contributed by atoms with Gasteiger partial charge in [0.15, 0.2) is 15.4 Å². The number of aliphatic hydroxyl groups is 1. The Labute approximate surface area is 199 Å². The highest BCUT2D eigenvalue weighted by Crippen LogP contribution is 2.40. The van der Waals surface area contributed by atoms with Crippen LogP contribution in [0.25, 0.3) is 0 Å². The summed E-state index contributed by atoms with van der Waals surface area (Å²) in [6.07, 6.45) is -4.51. The number of alkyl halides is 3. The van der Waals surface area contributed by atoms with E-state index < -0.39 is 50.5 Å². The maximum atomic E-state index is 13.1. The number of nitrogens with zero attached hydrogens (tertiary/aromatic N) is 1. The molecule has 2 aliphatic rings. The van der Waals surface area contributed by atoms with E-state index >= 15 is 0 Å². The van der Waals surface area contributed by atoms with Crippen LogP contribution in [0.15, 0.2) is 47.4 Å². The van der Waals surface area contributed by atoms with E-state index in [0.717, 1.165) is 24.1 Å². The first-order valence-electron chi connectivity index (χ1n) is 10.7. The molecule has 4 rings (SSSR count). The van der Waals surface area contributed by atoms with E-state index in [1.807, 2.05) is 0 Å². The molecule has 0 saturated heterocycles. The minimum atomic E-state index is -4.89. The summed E-state index contributed by atoms with van der Waals surface area (Å²) in [5.41, 5.74) is -2.44. The Balaban J connectivity index is 1.60. The smallest absolute Gasteiger partial charge is 0.421 e. The van der Waals surface area contributed by atoms with Crippen LogP contribution < -0.4 is 5.32 Å². The van der Waals surface area contributed by atoms with E-state index in [4.69, 9.17) is 4.74 Å². The first-order valence-corrected chi connectivity index (χ1v) is 12.2. The number of ether oxygens (including phenoxy) is 1. The van der Waals surface area contributed by atoms with Crippen LogP contribution in [0, 0.1) is 0 Å². The van der Waals surface area contributed by atoms with Gasteiger partial charge in [-0.25, -0.2) is 13.2 Å². The van der Waals surface area contributed by atoms with E-state index in [2.05, 4.69) is 5.32 Å². The first-order chi connectivity index (χ1) is 16.3. The number of carbonyl (C=O) groups excluding carboxylic acids is 2. The highest BCUT2D eigenvalue weighted by Gasteiger charge is 2.51. The number of amides is 2. The largest absolute Gasteiger partial charge is 0.453 e. The van der Waals surface area contributed by atoms with Gasteiger partial charge in [-0.15, -0.1) is 0 Å². The van der Waals surface area contributed by atoms with Crippen LogP contribution in [0.1, 0.15) is 42.5 Å². The first kappa shape index (κ1) is 25.0. The molecule has 1 aliphatic carbocycles. The number of nitrogens with one attached hydrogen (secondary N) is 1. The summed E-state index contributed by atoms with van der Waals surface area (Å²) in [6.45, 7) is 0.573. The lowest BCUT2D eigenvalue weighted by Gasteiger charge is -2.27. The molecule has 0 spiro atoms. The summed E-state index contributed by atoms with van der Waals surface area (Å²) < 4.78 is 69.2. The van der Waals surface area contributed by atoms with Crippen LogP contribution in [-0.4, -0.2) is 49.0 Å².